The third-order valence-corrected chi connectivity index (χ3v) is 7.37. The SMILES string of the molecule is CCC(=O)N1CCC(CCN2CCC(Cc3cc(OC)ccc3Br)CC2)CC1. The Morgan fingerprint density at radius 1 is 1.11 bits per heavy atom. The van der Waals surface area contributed by atoms with Gasteiger partial charge < -0.3 is 14.5 Å². The molecular weight excluding hydrogens is 416 g/mol. The number of amides is 1. The zero-order valence-corrected chi connectivity index (χ0v) is 19.0. The topological polar surface area (TPSA) is 32.8 Å². The Labute approximate surface area is 178 Å². The van der Waals surface area contributed by atoms with Crippen LogP contribution in [-0.2, 0) is 11.2 Å². The van der Waals surface area contributed by atoms with Crippen molar-refractivity contribution < 1.29 is 9.53 Å². The summed E-state index contributed by atoms with van der Waals surface area (Å²) in [5, 5.41) is 0. The normalized spacial score (nSPS) is 19.8. The van der Waals surface area contributed by atoms with Crippen LogP contribution in [0.2, 0.25) is 0 Å². The lowest BCUT2D eigenvalue weighted by Crippen LogP contribution is -2.40. The highest BCUT2D eigenvalue weighted by molar-refractivity contribution is 9.10. The van der Waals surface area contributed by atoms with E-state index >= 15 is 0 Å². The fraction of sp³-hybridized carbons (Fsp3) is 0.696. The van der Waals surface area contributed by atoms with E-state index in [1.54, 1.807) is 7.11 Å². The molecule has 1 aromatic rings. The molecule has 5 heteroatoms. The molecule has 0 radical (unpaired) electrons. The summed E-state index contributed by atoms with van der Waals surface area (Å²) in [6, 6.07) is 6.29. The number of hydrogen-bond acceptors (Lipinski definition) is 3. The van der Waals surface area contributed by atoms with Crippen LogP contribution >= 0.6 is 15.9 Å². The molecule has 4 nitrogen and oxygen atoms in total. The Balaban J connectivity index is 1.36. The van der Waals surface area contributed by atoms with E-state index in [4.69, 9.17) is 4.74 Å². The van der Waals surface area contributed by atoms with Gasteiger partial charge >= 0.3 is 0 Å². The highest BCUT2D eigenvalue weighted by Crippen LogP contribution is 2.29. The van der Waals surface area contributed by atoms with Crippen LogP contribution in [0.4, 0.5) is 0 Å². The Bertz CT molecular complexity index is 635. The van der Waals surface area contributed by atoms with E-state index in [2.05, 4.69) is 37.9 Å². The van der Waals surface area contributed by atoms with Gasteiger partial charge in [0.05, 0.1) is 7.11 Å². The van der Waals surface area contributed by atoms with Crippen LogP contribution in [0.25, 0.3) is 0 Å². The van der Waals surface area contributed by atoms with Crippen LogP contribution in [0.5, 0.6) is 5.75 Å². The van der Waals surface area contributed by atoms with Crippen LogP contribution < -0.4 is 4.74 Å². The molecule has 0 saturated carbocycles. The van der Waals surface area contributed by atoms with Crippen molar-refractivity contribution in [2.75, 3.05) is 39.8 Å². The number of hydrogen-bond donors (Lipinski definition) is 0. The first-order valence-electron chi connectivity index (χ1n) is 10.9. The summed E-state index contributed by atoms with van der Waals surface area (Å²) < 4.78 is 6.58. The number of carbonyl (C=O) groups excluding carboxylic acids is 1. The minimum Gasteiger partial charge on any atom is -0.497 e. The number of piperidine rings is 2. The van der Waals surface area contributed by atoms with Crippen LogP contribution in [0.1, 0.15) is 51.0 Å². The molecule has 2 fully saturated rings. The summed E-state index contributed by atoms with van der Waals surface area (Å²) in [7, 11) is 1.73. The molecule has 2 saturated heterocycles. The fourth-order valence-corrected chi connectivity index (χ4v) is 5.03. The van der Waals surface area contributed by atoms with Crippen molar-refractivity contribution in [2.45, 2.75) is 51.9 Å². The average Bonchev–Trinajstić information content (AvgIpc) is 2.74. The van der Waals surface area contributed by atoms with Gasteiger partial charge in [0.2, 0.25) is 5.91 Å². The van der Waals surface area contributed by atoms with Crippen molar-refractivity contribution in [3.05, 3.63) is 28.2 Å². The molecule has 2 aliphatic rings. The maximum Gasteiger partial charge on any atom is 0.222 e. The van der Waals surface area contributed by atoms with Crippen LogP contribution in [0, 0.1) is 11.8 Å². The van der Waals surface area contributed by atoms with Gasteiger partial charge in [-0.3, -0.25) is 4.79 Å². The van der Waals surface area contributed by atoms with Crippen LogP contribution in [-0.4, -0.2) is 55.5 Å². The standard InChI is InChI=1S/C23H35BrN2O2/c1-3-23(27)26-14-9-18(10-15-26)6-11-25-12-7-19(8-13-25)16-20-17-21(28-2)4-5-22(20)24/h4-5,17-19H,3,6-16H2,1-2H3. The first-order valence-corrected chi connectivity index (χ1v) is 11.7. The monoisotopic (exact) mass is 450 g/mol. The lowest BCUT2D eigenvalue weighted by atomic mass is 9.89. The number of methoxy groups -OCH3 is 1. The average molecular weight is 451 g/mol. The zero-order valence-electron chi connectivity index (χ0n) is 17.5. The molecule has 28 heavy (non-hydrogen) atoms. The third kappa shape index (κ3) is 5.96. The van der Waals surface area contributed by atoms with E-state index in [-0.39, 0.29) is 0 Å². The number of benzene rings is 1. The first-order chi connectivity index (χ1) is 13.6. The quantitative estimate of drug-likeness (QED) is 0.600. The van der Waals surface area contributed by atoms with Crippen molar-refractivity contribution in [1.29, 1.82) is 0 Å². The number of rotatable bonds is 7. The second kappa shape index (κ2) is 10.6. The van der Waals surface area contributed by atoms with E-state index in [0.29, 0.717) is 12.3 Å². The lowest BCUT2D eigenvalue weighted by molar-refractivity contribution is -0.132. The van der Waals surface area contributed by atoms with Gasteiger partial charge in [-0.05, 0) is 93.8 Å². The molecule has 0 aliphatic carbocycles. The van der Waals surface area contributed by atoms with Crippen molar-refractivity contribution in [2.24, 2.45) is 11.8 Å². The number of ether oxygens (including phenoxy) is 1. The van der Waals surface area contributed by atoms with Gasteiger partial charge in [0.25, 0.3) is 0 Å². The summed E-state index contributed by atoms with van der Waals surface area (Å²) in [6.45, 7) is 7.56. The Kier molecular flexibility index (Phi) is 8.22. The van der Waals surface area contributed by atoms with E-state index in [9.17, 15) is 4.79 Å². The van der Waals surface area contributed by atoms with Crippen molar-refractivity contribution in [1.82, 2.24) is 9.80 Å². The van der Waals surface area contributed by atoms with Gasteiger partial charge in [-0.15, -0.1) is 0 Å². The van der Waals surface area contributed by atoms with Gasteiger partial charge in [-0.1, -0.05) is 22.9 Å². The molecule has 156 valence electrons. The van der Waals surface area contributed by atoms with Gasteiger partial charge in [0.1, 0.15) is 5.75 Å². The van der Waals surface area contributed by atoms with Crippen LogP contribution in [0.3, 0.4) is 0 Å². The second-order valence-electron chi connectivity index (χ2n) is 8.41. The lowest BCUT2D eigenvalue weighted by Gasteiger charge is -2.35. The summed E-state index contributed by atoms with van der Waals surface area (Å²) in [5.74, 6) is 2.83. The van der Waals surface area contributed by atoms with Crippen molar-refractivity contribution in [3.63, 3.8) is 0 Å². The number of carbonyl (C=O) groups is 1. The Morgan fingerprint density at radius 2 is 1.79 bits per heavy atom. The second-order valence-corrected chi connectivity index (χ2v) is 9.27. The van der Waals surface area contributed by atoms with Gasteiger partial charge in [-0.25, -0.2) is 0 Å². The van der Waals surface area contributed by atoms with E-state index in [0.717, 1.165) is 37.1 Å². The van der Waals surface area contributed by atoms with Crippen molar-refractivity contribution in [3.8, 4) is 5.75 Å². The van der Waals surface area contributed by atoms with Gasteiger partial charge in [-0.2, -0.15) is 0 Å². The zero-order chi connectivity index (χ0) is 19.9. The van der Waals surface area contributed by atoms with E-state index < -0.39 is 0 Å². The molecule has 0 unspecified atom stereocenters. The van der Waals surface area contributed by atoms with Gasteiger partial charge in [0.15, 0.2) is 0 Å². The summed E-state index contributed by atoms with van der Waals surface area (Å²) in [4.78, 5) is 16.5. The summed E-state index contributed by atoms with van der Waals surface area (Å²) >= 11 is 3.69. The maximum atomic E-state index is 11.8. The summed E-state index contributed by atoms with van der Waals surface area (Å²) in [5.41, 5.74) is 1.37. The number of halogens is 1. The van der Waals surface area contributed by atoms with E-state index in [1.807, 2.05) is 13.0 Å². The minimum atomic E-state index is 0.322. The summed E-state index contributed by atoms with van der Waals surface area (Å²) in [6.07, 6.45) is 8.01. The molecule has 2 heterocycles. The largest absolute Gasteiger partial charge is 0.497 e. The van der Waals surface area contributed by atoms with Crippen LogP contribution in [0.15, 0.2) is 22.7 Å². The molecule has 0 spiro atoms. The molecule has 3 rings (SSSR count). The number of likely N-dealkylation sites (tertiary alicyclic amines) is 2. The predicted octanol–water partition coefficient (Wildman–Crippen LogP) is 4.75. The molecule has 2 aliphatic heterocycles. The minimum absolute atomic E-state index is 0.322. The molecule has 0 bridgehead atoms. The molecule has 0 atom stereocenters. The fourth-order valence-electron chi connectivity index (χ4n) is 4.62. The maximum absolute atomic E-state index is 11.8. The third-order valence-electron chi connectivity index (χ3n) is 6.59. The molecule has 1 aromatic carbocycles. The van der Waals surface area contributed by atoms with Gasteiger partial charge in [0, 0.05) is 24.0 Å². The highest BCUT2D eigenvalue weighted by atomic mass is 79.9. The predicted molar refractivity (Wildman–Crippen MR) is 118 cm³/mol. The highest BCUT2D eigenvalue weighted by Gasteiger charge is 2.24. The smallest absolute Gasteiger partial charge is 0.222 e. The molecule has 0 aromatic heterocycles. The Hall–Kier alpha value is -1.07. The Morgan fingerprint density at radius 3 is 2.43 bits per heavy atom. The molecule has 0 N–H and O–H groups in total. The first kappa shape index (κ1) is 21.6. The number of nitrogens with zero attached hydrogens (tertiary/aromatic N) is 2. The van der Waals surface area contributed by atoms with Crippen molar-refractivity contribution >= 4 is 21.8 Å². The molecular formula is C23H35BrN2O2. The molecule has 1 amide bonds. The van der Waals surface area contributed by atoms with E-state index in [1.165, 1.54) is 61.8 Å².